The first-order chi connectivity index (χ1) is 36.9. The molecule has 13 rings (SSSR count). The van der Waals surface area contributed by atoms with Crippen LogP contribution in [0.4, 0.5) is 0 Å². The van der Waals surface area contributed by atoms with Crippen LogP contribution >= 0.6 is 31.9 Å². The van der Waals surface area contributed by atoms with Gasteiger partial charge in [0.1, 0.15) is 0 Å². The minimum Gasteiger partial charge on any atom is -0.423 e. The third kappa shape index (κ3) is 10.4. The Hall–Kier alpha value is -8.44. The summed E-state index contributed by atoms with van der Waals surface area (Å²) in [5.41, 5.74) is 13.6. The van der Waals surface area contributed by atoms with Crippen molar-refractivity contribution < 1.29 is 10.0 Å². The zero-order chi connectivity index (χ0) is 51.1. The Morgan fingerprint density at radius 1 is 0.253 bits per heavy atom. The number of hydrogen-bond donors (Lipinski definition) is 2. The highest BCUT2D eigenvalue weighted by molar-refractivity contribution is 9.10. The average Bonchev–Trinajstić information content (AvgIpc) is 3.52. The SMILES string of the molecule is Brc1ccc(-c2c3ccccc3c(-c3ccc(Br)cn3)c3ccccc23)nc1.OB(O)c1ccccc1.c1ccc(-c2ccc(-c3c4ccccc4c(-c4ccc(-c5ccccc5)cn4)c4ccccc34)nc2)cc1. The number of hydrogen-bond acceptors (Lipinski definition) is 6. The summed E-state index contributed by atoms with van der Waals surface area (Å²) in [7, 11) is -1.34. The fourth-order valence-electron chi connectivity index (χ4n) is 9.72. The standard InChI is InChI=1S/C36H24N2.C24H14Br2N2.C6H7BO2/c1-3-11-25(12-4-1)27-19-21-33(37-23-27)35-29-15-7-9-17-31(29)36(32-18-10-8-16-30(32)35)34-22-20-28(24-38-34)26-13-5-2-6-14-26;25-15-9-11-21(27-13-15)23-17-5-1-2-6-18(17)24(20-8-4-3-7-19(20)23)22-12-10-16(26)14-28-22;8-7(9)6-4-2-1-3-5-6/h1-24H;1-14H;1-5,8-9H. The third-order valence-corrected chi connectivity index (χ3v) is 14.1. The zero-order valence-corrected chi connectivity index (χ0v) is 43.5. The summed E-state index contributed by atoms with van der Waals surface area (Å²) >= 11 is 6.98. The predicted molar refractivity (Wildman–Crippen MR) is 318 cm³/mol. The van der Waals surface area contributed by atoms with Crippen molar-refractivity contribution in [1.29, 1.82) is 0 Å². The van der Waals surface area contributed by atoms with E-state index in [9.17, 15) is 0 Å². The van der Waals surface area contributed by atoms with Crippen LogP contribution in [0, 0.1) is 0 Å². The van der Waals surface area contributed by atoms with E-state index in [-0.39, 0.29) is 0 Å². The monoisotopic (exact) mass is 1090 g/mol. The Balaban J connectivity index is 0.000000142. The van der Waals surface area contributed by atoms with E-state index < -0.39 is 7.12 Å². The Bertz CT molecular complexity index is 3720. The molecular weight excluding hydrogens is 1050 g/mol. The van der Waals surface area contributed by atoms with Crippen LogP contribution in [0.3, 0.4) is 0 Å². The summed E-state index contributed by atoms with van der Waals surface area (Å²) in [5, 5.41) is 26.6. The first-order valence-corrected chi connectivity index (χ1v) is 26.0. The van der Waals surface area contributed by atoms with Crippen LogP contribution < -0.4 is 5.46 Å². The average molecular weight is 1100 g/mol. The molecule has 6 nitrogen and oxygen atoms in total. The lowest BCUT2D eigenvalue weighted by Gasteiger charge is -2.17. The van der Waals surface area contributed by atoms with Gasteiger partial charge in [-0.3, -0.25) is 19.9 Å². The molecule has 0 radical (unpaired) electrons. The first-order valence-electron chi connectivity index (χ1n) is 24.4. The summed E-state index contributed by atoms with van der Waals surface area (Å²) in [4.78, 5) is 19.3. The molecule has 9 aromatic carbocycles. The van der Waals surface area contributed by atoms with E-state index in [1.165, 1.54) is 54.2 Å². The lowest BCUT2D eigenvalue weighted by Crippen LogP contribution is -2.29. The van der Waals surface area contributed by atoms with Crippen molar-refractivity contribution >= 4 is 87.5 Å². The quantitative estimate of drug-likeness (QED) is 0.122. The molecule has 4 aromatic heterocycles. The Labute approximate surface area is 452 Å². The molecule has 4 heterocycles. The van der Waals surface area contributed by atoms with Crippen molar-refractivity contribution in [1.82, 2.24) is 19.9 Å². The second-order valence-corrected chi connectivity index (χ2v) is 19.6. The van der Waals surface area contributed by atoms with Gasteiger partial charge in [0.2, 0.25) is 0 Å². The van der Waals surface area contributed by atoms with Crippen LogP contribution in [0.2, 0.25) is 0 Å². The van der Waals surface area contributed by atoms with Gasteiger partial charge in [0, 0.05) is 67.1 Å². The van der Waals surface area contributed by atoms with Crippen molar-refractivity contribution in [2.24, 2.45) is 0 Å². The minimum absolute atomic E-state index is 0.525. The highest BCUT2D eigenvalue weighted by Crippen LogP contribution is 2.44. The Morgan fingerprint density at radius 2 is 0.507 bits per heavy atom. The van der Waals surface area contributed by atoms with Crippen molar-refractivity contribution in [2.45, 2.75) is 0 Å². The molecule has 2 N–H and O–H groups in total. The molecule has 0 unspecified atom stereocenters. The van der Waals surface area contributed by atoms with Gasteiger partial charge in [-0.05, 0) is 128 Å². The second-order valence-electron chi connectivity index (χ2n) is 17.8. The van der Waals surface area contributed by atoms with Gasteiger partial charge in [0.25, 0.3) is 0 Å². The van der Waals surface area contributed by atoms with Gasteiger partial charge in [-0.25, -0.2) is 0 Å². The normalized spacial score (nSPS) is 10.9. The molecule has 0 saturated heterocycles. The molecule has 0 aliphatic carbocycles. The molecule has 0 fully saturated rings. The smallest absolute Gasteiger partial charge is 0.423 e. The lowest BCUT2D eigenvalue weighted by molar-refractivity contribution is 0.426. The van der Waals surface area contributed by atoms with Gasteiger partial charge in [-0.1, -0.05) is 200 Å². The molecule has 0 aliphatic rings. The van der Waals surface area contributed by atoms with Crippen LogP contribution in [0.25, 0.3) is 110 Å². The minimum atomic E-state index is -1.34. The second kappa shape index (κ2) is 22.4. The van der Waals surface area contributed by atoms with Crippen molar-refractivity contribution in [3.05, 3.63) is 270 Å². The van der Waals surface area contributed by atoms with Crippen molar-refractivity contribution in [3.63, 3.8) is 0 Å². The van der Waals surface area contributed by atoms with E-state index in [2.05, 4.69) is 214 Å². The van der Waals surface area contributed by atoms with E-state index >= 15 is 0 Å². The third-order valence-electron chi connectivity index (χ3n) is 13.2. The van der Waals surface area contributed by atoms with Crippen LogP contribution in [0.5, 0.6) is 0 Å². The van der Waals surface area contributed by atoms with Gasteiger partial charge >= 0.3 is 7.12 Å². The summed E-state index contributed by atoms with van der Waals surface area (Å²) < 4.78 is 1.95. The number of fused-ring (bicyclic) bond motifs is 4. The van der Waals surface area contributed by atoms with Gasteiger partial charge in [0.15, 0.2) is 0 Å². The maximum atomic E-state index is 8.58. The molecule has 0 spiro atoms. The van der Waals surface area contributed by atoms with E-state index in [4.69, 9.17) is 30.0 Å². The molecule has 9 heteroatoms. The van der Waals surface area contributed by atoms with Crippen LogP contribution in [-0.2, 0) is 0 Å². The number of halogens is 2. The number of rotatable bonds is 7. The summed E-state index contributed by atoms with van der Waals surface area (Å²) in [6.45, 7) is 0. The van der Waals surface area contributed by atoms with Crippen molar-refractivity contribution in [3.8, 4) is 67.3 Å². The Kier molecular flexibility index (Phi) is 14.6. The van der Waals surface area contributed by atoms with Crippen LogP contribution in [-0.4, -0.2) is 37.1 Å². The predicted octanol–water partition coefficient (Wildman–Crippen LogP) is 16.5. The van der Waals surface area contributed by atoms with Gasteiger partial charge in [0.05, 0.1) is 22.8 Å². The fraction of sp³-hybridized carbons (Fsp3) is 0. The molecule has 13 aromatic rings. The van der Waals surface area contributed by atoms with E-state index in [1.54, 1.807) is 24.3 Å². The molecule has 0 saturated carbocycles. The highest BCUT2D eigenvalue weighted by atomic mass is 79.9. The van der Waals surface area contributed by atoms with Crippen LogP contribution in [0.15, 0.2) is 270 Å². The largest absolute Gasteiger partial charge is 0.488 e. The zero-order valence-electron chi connectivity index (χ0n) is 40.3. The van der Waals surface area contributed by atoms with E-state index in [0.29, 0.717) is 5.46 Å². The number of aromatic nitrogens is 4. The molecule has 0 amide bonds. The van der Waals surface area contributed by atoms with Gasteiger partial charge in [-0.15, -0.1) is 0 Å². The first kappa shape index (κ1) is 48.8. The maximum absolute atomic E-state index is 8.58. The molecule has 0 bridgehead atoms. The molecule has 0 atom stereocenters. The van der Waals surface area contributed by atoms with Crippen molar-refractivity contribution in [2.75, 3.05) is 0 Å². The Morgan fingerprint density at radius 3 is 0.733 bits per heavy atom. The lowest BCUT2D eigenvalue weighted by atomic mass is 9.81. The number of pyridine rings is 4. The molecule has 0 aliphatic heterocycles. The van der Waals surface area contributed by atoms with E-state index in [0.717, 1.165) is 65.1 Å². The highest BCUT2D eigenvalue weighted by Gasteiger charge is 2.20. The van der Waals surface area contributed by atoms with E-state index in [1.807, 2.05) is 55.1 Å². The number of benzene rings is 9. The fourth-order valence-corrected chi connectivity index (χ4v) is 10.2. The summed E-state index contributed by atoms with van der Waals surface area (Å²) in [6.07, 6.45) is 7.66. The molecule has 75 heavy (non-hydrogen) atoms. The summed E-state index contributed by atoms with van der Waals surface area (Å²) in [6, 6.07) is 80.5. The number of nitrogens with zero attached hydrogens (tertiary/aromatic N) is 4. The maximum Gasteiger partial charge on any atom is 0.488 e. The van der Waals surface area contributed by atoms with Gasteiger partial charge in [-0.2, -0.15) is 0 Å². The van der Waals surface area contributed by atoms with Gasteiger partial charge < -0.3 is 10.0 Å². The molecular formula is C66H45BBr2N4O2. The molecule has 358 valence electrons. The summed E-state index contributed by atoms with van der Waals surface area (Å²) in [5.74, 6) is 0. The topological polar surface area (TPSA) is 92.0 Å². The van der Waals surface area contributed by atoms with Crippen LogP contribution in [0.1, 0.15) is 0 Å².